The summed E-state index contributed by atoms with van der Waals surface area (Å²) in [6.07, 6.45) is 0. The molecule has 1 saturated heterocycles. The van der Waals surface area contributed by atoms with Crippen LogP contribution in [0.5, 0.6) is 0 Å². The van der Waals surface area contributed by atoms with E-state index in [0.717, 1.165) is 22.0 Å². The van der Waals surface area contributed by atoms with E-state index in [1.54, 1.807) is 12.1 Å². The van der Waals surface area contributed by atoms with E-state index >= 15 is 0 Å². The minimum absolute atomic E-state index is 0.0124. The number of amides is 1. The van der Waals surface area contributed by atoms with Gasteiger partial charge in [0.25, 0.3) is 11.6 Å². The maximum Gasteiger partial charge on any atom is 0.269 e. The molecule has 3 aromatic rings. The van der Waals surface area contributed by atoms with Gasteiger partial charge in [0.15, 0.2) is 0 Å². The molecular weight excluding hydrogens is 424 g/mol. The monoisotopic (exact) mass is 442 g/mol. The van der Waals surface area contributed by atoms with Crippen LogP contribution in [0.4, 0.5) is 11.4 Å². The molecule has 0 unspecified atom stereocenters. The van der Waals surface area contributed by atoms with Gasteiger partial charge in [-0.1, -0.05) is 23.7 Å². The number of aromatic nitrogens is 1. The lowest BCUT2D eigenvalue weighted by molar-refractivity contribution is -0.384. The van der Waals surface area contributed by atoms with E-state index in [0.29, 0.717) is 36.1 Å². The predicted octanol–water partition coefficient (Wildman–Crippen LogP) is 4.64. The number of aryl methyl sites for hydroxylation is 1. The molecule has 1 aromatic heterocycles. The molecule has 0 bridgehead atoms. The highest BCUT2D eigenvalue weighted by atomic mass is 35.5. The van der Waals surface area contributed by atoms with E-state index in [9.17, 15) is 14.9 Å². The van der Waals surface area contributed by atoms with Gasteiger partial charge in [-0.3, -0.25) is 14.9 Å². The molecule has 0 N–H and O–H groups in total. The molecule has 4 rings (SSSR count). The van der Waals surface area contributed by atoms with Crippen LogP contribution in [0.1, 0.15) is 15.4 Å². The van der Waals surface area contributed by atoms with Crippen LogP contribution in [0.15, 0.2) is 48.5 Å². The van der Waals surface area contributed by atoms with Crippen molar-refractivity contribution in [1.82, 2.24) is 9.88 Å². The fourth-order valence-corrected chi connectivity index (χ4v) is 4.66. The number of hydrogen-bond acceptors (Lipinski definition) is 6. The summed E-state index contributed by atoms with van der Waals surface area (Å²) in [5.41, 5.74) is 2.61. The lowest BCUT2D eigenvalue weighted by Crippen LogP contribution is -2.48. The van der Waals surface area contributed by atoms with Gasteiger partial charge in [0.1, 0.15) is 9.88 Å². The quantitative estimate of drug-likeness (QED) is 0.434. The molecule has 9 heteroatoms. The van der Waals surface area contributed by atoms with E-state index in [1.165, 1.54) is 23.5 Å². The first-order valence-corrected chi connectivity index (χ1v) is 10.6. The second kappa shape index (κ2) is 8.41. The number of carbonyl (C=O) groups excluding carboxylic acids is 1. The van der Waals surface area contributed by atoms with Gasteiger partial charge < -0.3 is 9.80 Å². The van der Waals surface area contributed by atoms with Gasteiger partial charge in [-0.15, -0.1) is 11.3 Å². The summed E-state index contributed by atoms with van der Waals surface area (Å²) < 4.78 is 0. The smallest absolute Gasteiger partial charge is 0.269 e. The number of hydrogen-bond donors (Lipinski definition) is 0. The Bertz CT molecular complexity index is 1090. The second-order valence-corrected chi connectivity index (χ2v) is 8.43. The number of nitro groups is 1. The maximum atomic E-state index is 13.1. The zero-order valence-corrected chi connectivity index (χ0v) is 17.8. The van der Waals surface area contributed by atoms with Crippen molar-refractivity contribution in [3.63, 3.8) is 0 Å². The molecule has 1 aliphatic rings. The van der Waals surface area contributed by atoms with E-state index in [1.807, 2.05) is 36.1 Å². The summed E-state index contributed by atoms with van der Waals surface area (Å²) in [5.74, 6) is -0.0124. The van der Waals surface area contributed by atoms with E-state index < -0.39 is 4.92 Å². The van der Waals surface area contributed by atoms with Crippen molar-refractivity contribution in [2.45, 2.75) is 6.92 Å². The number of rotatable bonds is 4. The van der Waals surface area contributed by atoms with Gasteiger partial charge >= 0.3 is 0 Å². The highest BCUT2D eigenvalue weighted by Crippen LogP contribution is 2.30. The van der Waals surface area contributed by atoms with E-state index in [2.05, 4.69) is 9.88 Å². The number of carbonyl (C=O) groups is 1. The standard InChI is InChI=1S/C21H19ClN4O3S/c1-14-19(30-20(23-14)15-3-2-4-16(22)13-15)21(27)25-11-9-24(10-12-25)17-5-7-18(8-6-17)26(28)29/h2-8,13H,9-12H2,1H3. The minimum Gasteiger partial charge on any atom is -0.368 e. The van der Waals surface area contributed by atoms with Crippen molar-refractivity contribution in [1.29, 1.82) is 0 Å². The van der Waals surface area contributed by atoms with Gasteiger partial charge in [-0.25, -0.2) is 4.98 Å². The molecule has 2 aromatic carbocycles. The molecule has 7 nitrogen and oxygen atoms in total. The van der Waals surface area contributed by atoms with Crippen LogP contribution in [-0.4, -0.2) is 46.9 Å². The Morgan fingerprint density at radius 3 is 2.47 bits per heavy atom. The van der Waals surface area contributed by atoms with Gasteiger partial charge in [0.2, 0.25) is 0 Å². The highest BCUT2D eigenvalue weighted by Gasteiger charge is 2.26. The Labute approximate surface area is 182 Å². The van der Waals surface area contributed by atoms with Gasteiger partial charge in [0.05, 0.1) is 10.6 Å². The van der Waals surface area contributed by atoms with Crippen LogP contribution in [0.3, 0.4) is 0 Å². The zero-order valence-electron chi connectivity index (χ0n) is 16.2. The van der Waals surface area contributed by atoms with Crippen LogP contribution in [0, 0.1) is 17.0 Å². The molecule has 154 valence electrons. The molecule has 0 radical (unpaired) electrons. The normalized spacial score (nSPS) is 14.1. The molecule has 1 amide bonds. The topological polar surface area (TPSA) is 79.6 Å². The highest BCUT2D eigenvalue weighted by molar-refractivity contribution is 7.17. The third-order valence-corrected chi connectivity index (χ3v) is 6.48. The molecule has 2 heterocycles. The van der Waals surface area contributed by atoms with Crippen LogP contribution in [0.2, 0.25) is 5.02 Å². The lowest BCUT2D eigenvalue weighted by atomic mass is 10.2. The van der Waals surface area contributed by atoms with Gasteiger partial charge in [-0.05, 0) is 31.2 Å². The first-order chi connectivity index (χ1) is 14.4. The Morgan fingerprint density at radius 1 is 1.13 bits per heavy atom. The number of anilines is 1. The Kier molecular flexibility index (Phi) is 5.69. The van der Waals surface area contributed by atoms with E-state index in [-0.39, 0.29) is 11.6 Å². The summed E-state index contributed by atoms with van der Waals surface area (Å²) >= 11 is 7.46. The number of benzene rings is 2. The third-order valence-electron chi connectivity index (χ3n) is 5.05. The van der Waals surface area contributed by atoms with E-state index in [4.69, 9.17) is 11.6 Å². The molecular formula is C21H19ClN4O3S. The third kappa shape index (κ3) is 4.15. The van der Waals surface area contributed by atoms with Crippen LogP contribution in [-0.2, 0) is 0 Å². The van der Waals surface area contributed by atoms with Crippen molar-refractivity contribution < 1.29 is 9.72 Å². The van der Waals surface area contributed by atoms with Crippen LogP contribution < -0.4 is 4.90 Å². The number of nitro benzene ring substituents is 1. The molecule has 0 aliphatic carbocycles. The van der Waals surface area contributed by atoms with Crippen LogP contribution >= 0.6 is 22.9 Å². The van der Waals surface area contributed by atoms with Gasteiger partial charge in [0, 0.05) is 54.6 Å². The lowest BCUT2D eigenvalue weighted by Gasteiger charge is -2.36. The molecule has 0 spiro atoms. The Morgan fingerprint density at radius 2 is 1.83 bits per heavy atom. The fourth-order valence-electron chi connectivity index (χ4n) is 3.44. The second-order valence-electron chi connectivity index (χ2n) is 7.00. The van der Waals surface area contributed by atoms with Crippen molar-refractivity contribution in [3.05, 3.63) is 74.2 Å². The summed E-state index contributed by atoms with van der Waals surface area (Å²) in [4.78, 5) is 32.7. The number of piperazine rings is 1. The van der Waals surface area contributed by atoms with Crippen LogP contribution in [0.25, 0.3) is 10.6 Å². The molecule has 0 saturated carbocycles. The number of halogens is 1. The Balaban J connectivity index is 1.44. The average molecular weight is 443 g/mol. The predicted molar refractivity (Wildman–Crippen MR) is 119 cm³/mol. The molecule has 0 atom stereocenters. The van der Waals surface area contributed by atoms with Crippen molar-refractivity contribution in [2.75, 3.05) is 31.1 Å². The SMILES string of the molecule is Cc1nc(-c2cccc(Cl)c2)sc1C(=O)N1CCN(c2ccc([N+](=O)[O-])cc2)CC1. The number of non-ortho nitro benzene ring substituents is 1. The van der Waals surface area contributed by atoms with Crippen molar-refractivity contribution in [3.8, 4) is 10.6 Å². The molecule has 1 fully saturated rings. The summed E-state index contributed by atoms with van der Waals surface area (Å²) in [5, 5.41) is 12.2. The summed E-state index contributed by atoms with van der Waals surface area (Å²) in [7, 11) is 0. The van der Waals surface area contributed by atoms with Crippen molar-refractivity contribution >= 4 is 40.2 Å². The summed E-state index contributed by atoms with van der Waals surface area (Å²) in [6, 6.07) is 14.0. The molecule has 30 heavy (non-hydrogen) atoms. The first-order valence-electron chi connectivity index (χ1n) is 9.44. The first kappa shape index (κ1) is 20.3. The van der Waals surface area contributed by atoms with Gasteiger partial charge in [-0.2, -0.15) is 0 Å². The minimum atomic E-state index is -0.407. The largest absolute Gasteiger partial charge is 0.368 e. The number of thiazole rings is 1. The molecule has 1 aliphatic heterocycles. The maximum absolute atomic E-state index is 13.1. The summed E-state index contributed by atoms with van der Waals surface area (Å²) in [6.45, 7) is 4.36. The van der Waals surface area contributed by atoms with Crippen molar-refractivity contribution in [2.24, 2.45) is 0 Å². The number of nitrogens with zero attached hydrogens (tertiary/aromatic N) is 4. The fraction of sp³-hybridized carbons (Fsp3) is 0.238. The Hall–Kier alpha value is -2.97. The average Bonchev–Trinajstić information content (AvgIpc) is 3.15. The zero-order chi connectivity index (χ0) is 21.3.